The first-order chi connectivity index (χ1) is 9.12. The fourth-order valence-corrected chi connectivity index (χ4v) is 1.92. The quantitative estimate of drug-likeness (QED) is 0.820. The SMILES string of the molecule is Cc1cc(OC(N)=O)ncc1B1OC(C)(C)C(C)(C)O1. The summed E-state index contributed by atoms with van der Waals surface area (Å²) in [4.78, 5) is 14.7. The van der Waals surface area contributed by atoms with Crippen LogP contribution in [-0.4, -0.2) is 29.4 Å². The zero-order valence-corrected chi connectivity index (χ0v) is 12.4. The standard InChI is InChI=1S/C13H19BN2O4/c1-8-6-10(18-11(15)17)16-7-9(8)14-19-12(2,3)13(4,5)20-14/h6-7H,1-5H3,(H2,15,17). The Morgan fingerprint density at radius 1 is 1.30 bits per heavy atom. The summed E-state index contributed by atoms with van der Waals surface area (Å²) in [6.07, 6.45) is 0.690. The highest BCUT2D eigenvalue weighted by Gasteiger charge is 2.52. The molecule has 0 bridgehead atoms. The van der Waals surface area contributed by atoms with E-state index < -0.39 is 24.4 Å². The molecule has 6 nitrogen and oxygen atoms in total. The van der Waals surface area contributed by atoms with E-state index in [9.17, 15) is 4.79 Å². The number of hydrogen-bond donors (Lipinski definition) is 1. The summed E-state index contributed by atoms with van der Waals surface area (Å²) in [6, 6.07) is 1.63. The minimum atomic E-state index is -0.889. The predicted octanol–water partition coefficient (Wildman–Crippen LogP) is 1.15. The summed E-state index contributed by atoms with van der Waals surface area (Å²) in [7, 11) is -0.491. The number of ether oxygens (including phenoxy) is 1. The molecular formula is C13H19BN2O4. The molecule has 2 rings (SSSR count). The van der Waals surface area contributed by atoms with Crippen LogP contribution in [0.3, 0.4) is 0 Å². The second-order valence-electron chi connectivity index (χ2n) is 5.89. The fraction of sp³-hybridized carbons (Fsp3) is 0.538. The van der Waals surface area contributed by atoms with E-state index in [-0.39, 0.29) is 5.88 Å². The molecule has 0 aliphatic carbocycles. The third kappa shape index (κ3) is 2.64. The number of aromatic nitrogens is 1. The largest absolute Gasteiger partial charge is 0.496 e. The number of primary amides is 1. The number of amides is 1. The van der Waals surface area contributed by atoms with Crippen molar-refractivity contribution in [3.05, 3.63) is 17.8 Å². The highest BCUT2D eigenvalue weighted by molar-refractivity contribution is 6.62. The molecule has 0 aromatic carbocycles. The van der Waals surface area contributed by atoms with Gasteiger partial charge in [0.25, 0.3) is 0 Å². The van der Waals surface area contributed by atoms with Crippen molar-refractivity contribution in [2.75, 3.05) is 0 Å². The van der Waals surface area contributed by atoms with Crippen LogP contribution in [0.4, 0.5) is 4.79 Å². The van der Waals surface area contributed by atoms with Gasteiger partial charge in [-0.2, -0.15) is 0 Å². The fourth-order valence-electron chi connectivity index (χ4n) is 1.92. The second-order valence-corrected chi connectivity index (χ2v) is 5.89. The Morgan fingerprint density at radius 3 is 2.30 bits per heavy atom. The van der Waals surface area contributed by atoms with E-state index in [4.69, 9.17) is 19.8 Å². The van der Waals surface area contributed by atoms with E-state index in [1.165, 1.54) is 0 Å². The highest BCUT2D eigenvalue weighted by Crippen LogP contribution is 2.36. The van der Waals surface area contributed by atoms with Gasteiger partial charge in [0.05, 0.1) is 11.2 Å². The van der Waals surface area contributed by atoms with Crippen molar-refractivity contribution in [2.45, 2.75) is 45.8 Å². The van der Waals surface area contributed by atoms with Crippen LogP contribution >= 0.6 is 0 Å². The third-order valence-electron chi connectivity index (χ3n) is 3.84. The third-order valence-corrected chi connectivity index (χ3v) is 3.84. The van der Waals surface area contributed by atoms with E-state index >= 15 is 0 Å². The maximum atomic E-state index is 10.7. The number of carbonyl (C=O) groups excluding carboxylic acids is 1. The molecule has 0 unspecified atom stereocenters. The summed E-state index contributed by atoms with van der Waals surface area (Å²) in [6.45, 7) is 9.82. The van der Waals surface area contributed by atoms with Crippen molar-refractivity contribution in [2.24, 2.45) is 5.73 Å². The molecule has 1 aromatic rings. The number of nitrogens with two attached hydrogens (primary N) is 1. The predicted molar refractivity (Wildman–Crippen MR) is 74.9 cm³/mol. The summed E-state index contributed by atoms with van der Waals surface area (Å²) in [5.74, 6) is 0.162. The van der Waals surface area contributed by atoms with E-state index in [1.54, 1.807) is 12.3 Å². The average molecular weight is 278 g/mol. The zero-order valence-electron chi connectivity index (χ0n) is 12.4. The van der Waals surface area contributed by atoms with E-state index in [1.807, 2.05) is 34.6 Å². The molecule has 0 radical (unpaired) electrons. The summed E-state index contributed by atoms with van der Waals surface area (Å²) >= 11 is 0. The van der Waals surface area contributed by atoms with Gasteiger partial charge in [0.1, 0.15) is 0 Å². The lowest BCUT2D eigenvalue weighted by atomic mass is 9.77. The van der Waals surface area contributed by atoms with Gasteiger partial charge in [0, 0.05) is 17.7 Å². The van der Waals surface area contributed by atoms with E-state index in [0.717, 1.165) is 11.0 Å². The molecule has 1 fully saturated rings. The Labute approximate surface area is 118 Å². The number of rotatable bonds is 2. The summed E-state index contributed by atoms with van der Waals surface area (Å²) in [5.41, 5.74) is 5.80. The monoisotopic (exact) mass is 278 g/mol. The molecule has 108 valence electrons. The Morgan fingerprint density at radius 2 is 1.85 bits per heavy atom. The number of carbonyl (C=O) groups is 1. The van der Waals surface area contributed by atoms with Crippen LogP contribution in [0.5, 0.6) is 5.88 Å². The zero-order chi connectivity index (χ0) is 15.1. The van der Waals surface area contributed by atoms with Gasteiger partial charge in [-0.15, -0.1) is 0 Å². The number of nitrogens with zero attached hydrogens (tertiary/aromatic N) is 1. The summed E-state index contributed by atoms with van der Waals surface area (Å²) in [5, 5.41) is 0. The Hall–Kier alpha value is -1.60. The van der Waals surface area contributed by atoms with Gasteiger partial charge in [-0.05, 0) is 40.2 Å². The van der Waals surface area contributed by atoms with Gasteiger partial charge >= 0.3 is 13.2 Å². The van der Waals surface area contributed by atoms with Crippen molar-refractivity contribution < 1.29 is 18.8 Å². The normalized spacial score (nSPS) is 19.9. The van der Waals surface area contributed by atoms with Crippen molar-refractivity contribution in [1.82, 2.24) is 4.98 Å². The lowest BCUT2D eigenvalue weighted by Gasteiger charge is -2.32. The number of hydrogen-bond acceptors (Lipinski definition) is 5. The first-order valence-corrected chi connectivity index (χ1v) is 6.42. The molecule has 0 atom stereocenters. The molecule has 1 aliphatic heterocycles. The summed E-state index contributed by atoms with van der Waals surface area (Å²) < 4.78 is 16.7. The molecule has 1 aromatic heterocycles. The van der Waals surface area contributed by atoms with Crippen LogP contribution in [0.15, 0.2) is 12.3 Å². The van der Waals surface area contributed by atoms with E-state index in [0.29, 0.717) is 0 Å². The highest BCUT2D eigenvalue weighted by atomic mass is 16.7. The number of aryl methyl sites for hydroxylation is 1. The van der Waals surface area contributed by atoms with Crippen molar-refractivity contribution in [3.63, 3.8) is 0 Å². The van der Waals surface area contributed by atoms with E-state index in [2.05, 4.69) is 4.98 Å². The minimum absolute atomic E-state index is 0.162. The first-order valence-electron chi connectivity index (χ1n) is 6.42. The van der Waals surface area contributed by atoms with Crippen LogP contribution in [-0.2, 0) is 9.31 Å². The van der Waals surface area contributed by atoms with Gasteiger partial charge in [0.2, 0.25) is 5.88 Å². The average Bonchev–Trinajstić information content (AvgIpc) is 2.46. The molecule has 1 amide bonds. The first kappa shape index (κ1) is 14.8. The Bertz CT molecular complexity index is 529. The number of pyridine rings is 1. The van der Waals surface area contributed by atoms with Crippen LogP contribution in [0.25, 0.3) is 0 Å². The molecule has 2 heterocycles. The van der Waals surface area contributed by atoms with Crippen molar-refractivity contribution in [3.8, 4) is 5.88 Å². The Balaban J connectivity index is 2.25. The van der Waals surface area contributed by atoms with Gasteiger partial charge in [-0.25, -0.2) is 9.78 Å². The van der Waals surface area contributed by atoms with Gasteiger partial charge in [-0.1, -0.05) is 0 Å². The minimum Gasteiger partial charge on any atom is -0.399 e. The maximum absolute atomic E-state index is 10.7. The van der Waals surface area contributed by atoms with Crippen molar-refractivity contribution >= 4 is 18.7 Å². The molecule has 20 heavy (non-hydrogen) atoms. The van der Waals surface area contributed by atoms with Crippen LogP contribution in [0.2, 0.25) is 0 Å². The smallest absolute Gasteiger partial charge is 0.399 e. The van der Waals surface area contributed by atoms with Gasteiger partial charge < -0.3 is 19.8 Å². The second kappa shape index (κ2) is 4.75. The lowest BCUT2D eigenvalue weighted by Crippen LogP contribution is -2.41. The van der Waals surface area contributed by atoms with Gasteiger partial charge in [0.15, 0.2) is 0 Å². The molecule has 1 saturated heterocycles. The lowest BCUT2D eigenvalue weighted by molar-refractivity contribution is 0.00578. The van der Waals surface area contributed by atoms with Crippen LogP contribution in [0.1, 0.15) is 33.3 Å². The molecule has 1 aliphatic rings. The maximum Gasteiger partial charge on any atom is 0.496 e. The molecular weight excluding hydrogens is 259 g/mol. The van der Waals surface area contributed by atoms with Crippen molar-refractivity contribution in [1.29, 1.82) is 0 Å². The Kier molecular flexibility index (Phi) is 3.52. The molecule has 0 saturated carbocycles. The van der Waals surface area contributed by atoms with Crippen LogP contribution in [0, 0.1) is 6.92 Å². The molecule has 2 N–H and O–H groups in total. The van der Waals surface area contributed by atoms with Crippen LogP contribution < -0.4 is 15.9 Å². The topological polar surface area (TPSA) is 83.7 Å². The molecule has 0 spiro atoms. The molecule has 7 heteroatoms. The van der Waals surface area contributed by atoms with Gasteiger partial charge in [-0.3, -0.25) is 0 Å².